The molecule has 1 N–H and O–H groups in total. The fraction of sp³-hybridized carbons (Fsp3) is 0.320. The second-order valence-corrected chi connectivity index (χ2v) is 8.48. The van der Waals surface area contributed by atoms with Crippen LogP contribution in [0, 0.1) is 13.8 Å². The van der Waals surface area contributed by atoms with E-state index in [0.29, 0.717) is 12.1 Å². The molecule has 0 saturated carbocycles. The zero-order chi connectivity index (χ0) is 23.1. The van der Waals surface area contributed by atoms with E-state index < -0.39 is 0 Å². The summed E-state index contributed by atoms with van der Waals surface area (Å²) in [5, 5.41) is 3.35. The van der Waals surface area contributed by atoms with Crippen molar-refractivity contribution in [3.05, 3.63) is 81.7 Å². The summed E-state index contributed by atoms with van der Waals surface area (Å²) in [6.45, 7) is 8.87. The molecule has 1 heterocycles. The van der Waals surface area contributed by atoms with Crippen molar-refractivity contribution in [1.29, 1.82) is 0 Å². The number of aryl methyl sites for hydroxylation is 2. The molecule has 32 heavy (non-hydrogen) atoms. The van der Waals surface area contributed by atoms with Crippen molar-refractivity contribution in [3.63, 3.8) is 0 Å². The van der Waals surface area contributed by atoms with Gasteiger partial charge >= 0.3 is 5.97 Å². The van der Waals surface area contributed by atoms with E-state index in [1.165, 1.54) is 5.56 Å². The number of carbonyl (C=O) groups is 1. The number of anilines is 1. The molecule has 1 atom stereocenters. The molecule has 0 aliphatic rings. The molecule has 2 aromatic carbocycles. The first kappa shape index (κ1) is 23.7. The van der Waals surface area contributed by atoms with Crippen LogP contribution in [0.3, 0.4) is 0 Å². The van der Waals surface area contributed by atoms with Gasteiger partial charge in [-0.1, -0.05) is 42.8 Å². The van der Waals surface area contributed by atoms with Gasteiger partial charge in [-0.25, -0.2) is 4.79 Å². The predicted octanol–water partition coefficient (Wildman–Crippen LogP) is 5.00. The molecule has 0 aliphatic heterocycles. The monoisotopic (exact) mass is 498 g/mol. The van der Waals surface area contributed by atoms with E-state index in [9.17, 15) is 4.79 Å². The smallest absolute Gasteiger partial charge is 0.341 e. The van der Waals surface area contributed by atoms with Gasteiger partial charge in [0, 0.05) is 6.42 Å². The van der Waals surface area contributed by atoms with E-state index in [1.54, 1.807) is 18.5 Å². The van der Waals surface area contributed by atoms with Crippen LogP contribution in [0.4, 0.5) is 5.82 Å². The second-order valence-electron chi connectivity index (χ2n) is 7.68. The Kier molecular flexibility index (Phi) is 8.22. The standard InChI is InChI=1S/C25H28BrN3O3/c1-5-21-23(26)24(27-14-19(4)32-22-12-11-17(2)13-18(22)3)28-15-29(21)16-31-25(30)20-9-7-6-8-10-20/h6-13,15,19H,5,14,16H2,1-4H3/p+1. The van der Waals surface area contributed by atoms with Gasteiger partial charge in [0.05, 0.1) is 12.1 Å². The number of ether oxygens (including phenoxy) is 2. The van der Waals surface area contributed by atoms with Gasteiger partial charge in [-0.2, -0.15) is 4.57 Å². The van der Waals surface area contributed by atoms with Crippen molar-refractivity contribution in [1.82, 2.24) is 4.98 Å². The van der Waals surface area contributed by atoms with Gasteiger partial charge in [0.25, 0.3) is 12.1 Å². The van der Waals surface area contributed by atoms with Gasteiger partial charge in [-0.15, -0.1) is 0 Å². The Labute approximate surface area is 197 Å². The Morgan fingerprint density at radius 1 is 1.19 bits per heavy atom. The zero-order valence-electron chi connectivity index (χ0n) is 18.9. The van der Waals surface area contributed by atoms with Crippen molar-refractivity contribution in [3.8, 4) is 5.75 Å². The quantitative estimate of drug-likeness (QED) is 0.332. The fourth-order valence-electron chi connectivity index (χ4n) is 3.33. The SMILES string of the molecule is CCc1c(Br)c(NCC(C)Oc2ccc(C)cc2C)nc[n+]1COC(=O)c1ccccc1. The molecular weight excluding hydrogens is 470 g/mol. The summed E-state index contributed by atoms with van der Waals surface area (Å²) < 4.78 is 14.2. The summed E-state index contributed by atoms with van der Waals surface area (Å²) in [6, 6.07) is 15.1. The van der Waals surface area contributed by atoms with Crippen LogP contribution >= 0.6 is 15.9 Å². The number of hydrogen-bond donors (Lipinski definition) is 1. The Balaban J connectivity index is 1.62. The zero-order valence-corrected chi connectivity index (χ0v) is 20.5. The van der Waals surface area contributed by atoms with E-state index in [4.69, 9.17) is 9.47 Å². The first-order valence-electron chi connectivity index (χ1n) is 10.7. The lowest BCUT2D eigenvalue weighted by Crippen LogP contribution is -2.41. The lowest BCUT2D eigenvalue weighted by molar-refractivity contribution is -0.736. The van der Waals surface area contributed by atoms with Gasteiger partial charge in [-0.3, -0.25) is 0 Å². The average Bonchev–Trinajstić information content (AvgIpc) is 2.79. The Bertz CT molecular complexity index is 1070. The molecule has 7 heteroatoms. The lowest BCUT2D eigenvalue weighted by Gasteiger charge is -2.17. The minimum Gasteiger partial charge on any atom is -0.489 e. The van der Waals surface area contributed by atoms with Crippen LogP contribution in [0.15, 0.2) is 59.3 Å². The molecule has 3 rings (SSSR count). The maximum Gasteiger partial charge on any atom is 0.341 e. The Hall–Kier alpha value is -2.93. The third-order valence-electron chi connectivity index (χ3n) is 5.03. The molecule has 0 spiro atoms. The molecule has 0 fully saturated rings. The number of nitrogens with one attached hydrogen (secondary N) is 1. The molecule has 0 amide bonds. The number of aromatic nitrogens is 2. The summed E-state index contributed by atoms with van der Waals surface area (Å²) in [5.74, 6) is 1.25. The second kappa shape index (κ2) is 11.1. The molecule has 0 saturated heterocycles. The molecule has 0 aliphatic carbocycles. The summed E-state index contributed by atoms with van der Waals surface area (Å²) >= 11 is 3.65. The molecule has 0 radical (unpaired) electrons. The van der Waals surface area contributed by atoms with Crippen molar-refractivity contribution in [2.45, 2.75) is 47.0 Å². The van der Waals surface area contributed by atoms with Crippen LogP contribution in [-0.2, 0) is 17.9 Å². The normalized spacial score (nSPS) is 11.7. The third-order valence-corrected chi connectivity index (χ3v) is 5.86. The predicted molar refractivity (Wildman–Crippen MR) is 128 cm³/mol. The first-order chi connectivity index (χ1) is 15.4. The molecule has 168 valence electrons. The number of hydrogen-bond acceptors (Lipinski definition) is 5. The highest BCUT2D eigenvalue weighted by Crippen LogP contribution is 2.23. The van der Waals surface area contributed by atoms with Gasteiger partial charge in [0.15, 0.2) is 0 Å². The average molecular weight is 499 g/mol. The molecule has 6 nitrogen and oxygen atoms in total. The largest absolute Gasteiger partial charge is 0.489 e. The van der Waals surface area contributed by atoms with E-state index >= 15 is 0 Å². The van der Waals surface area contributed by atoms with Gasteiger partial charge in [0.2, 0.25) is 6.73 Å². The molecule has 1 unspecified atom stereocenters. The number of halogens is 1. The van der Waals surface area contributed by atoms with Crippen LogP contribution in [0.1, 0.15) is 41.0 Å². The minimum atomic E-state index is -0.365. The summed E-state index contributed by atoms with van der Waals surface area (Å²) in [6.07, 6.45) is 2.38. The van der Waals surface area contributed by atoms with Crippen molar-refractivity contribution in [2.75, 3.05) is 11.9 Å². The van der Waals surface area contributed by atoms with Crippen LogP contribution in [0.5, 0.6) is 5.75 Å². The van der Waals surface area contributed by atoms with Crippen LogP contribution in [0.25, 0.3) is 0 Å². The maximum atomic E-state index is 12.2. The first-order valence-corrected chi connectivity index (χ1v) is 11.4. The number of nitrogens with zero attached hydrogens (tertiary/aromatic N) is 2. The van der Waals surface area contributed by atoms with Gasteiger partial charge < -0.3 is 14.8 Å². The minimum absolute atomic E-state index is 0.0469. The van der Waals surface area contributed by atoms with Crippen LogP contribution in [0.2, 0.25) is 0 Å². The third kappa shape index (κ3) is 6.07. The van der Waals surface area contributed by atoms with E-state index in [2.05, 4.69) is 52.2 Å². The summed E-state index contributed by atoms with van der Waals surface area (Å²) in [4.78, 5) is 16.7. The van der Waals surface area contributed by atoms with Gasteiger partial charge in [0.1, 0.15) is 22.0 Å². The highest BCUT2D eigenvalue weighted by atomic mass is 79.9. The molecule has 0 bridgehead atoms. The molecule has 3 aromatic rings. The van der Waals surface area contributed by atoms with Gasteiger partial charge in [-0.05, 0) is 65.4 Å². The molecule has 1 aromatic heterocycles. The highest BCUT2D eigenvalue weighted by Gasteiger charge is 2.20. The Morgan fingerprint density at radius 3 is 2.62 bits per heavy atom. The number of esters is 1. The van der Waals surface area contributed by atoms with E-state index in [-0.39, 0.29) is 18.8 Å². The Morgan fingerprint density at radius 2 is 1.94 bits per heavy atom. The maximum absolute atomic E-state index is 12.2. The van der Waals surface area contributed by atoms with E-state index in [1.807, 2.05) is 42.7 Å². The van der Waals surface area contributed by atoms with Crippen LogP contribution in [-0.4, -0.2) is 23.6 Å². The van der Waals surface area contributed by atoms with Crippen LogP contribution < -0.4 is 14.6 Å². The summed E-state index contributed by atoms with van der Waals surface area (Å²) in [5.41, 5.74) is 3.84. The topological polar surface area (TPSA) is 64.3 Å². The van der Waals surface area contributed by atoms with Crippen molar-refractivity contribution >= 4 is 27.7 Å². The van der Waals surface area contributed by atoms with Crippen molar-refractivity contribution < 1.29 is 18.8 Å². The number of rotatable bonds is 9. The lowest BCUT2D eigenvalue weighted by atomic mass is 10.1. The molecular formula is C25H29BrN3O3+. The highest BCUT2D eigenvalue weighted by molar-refractivity contribution is 9.10. The summed E-state index contributed by atoms with van der Waals surface area (Å²) in [7, 11) is 0. The van der Waals surface area contributed by atoms with E-state index in [0.717, 1.165) is 33.7 Å². The number of carbonyl (C=O) groups excluding carboxylic acids is 1. The number of benzene rings is 2. The fourth-order valence-corrected chi connectivity index (χ4v) is 4.08. The van der Waals surface area contributed by atoms with Crippen molar-refractivity contribution in [2.24, 2.45) is 0 Å².